The molecule has 7 heavy (non-hydrogen) atoms. The highest BCUT2D eigenvalue weighted by atomic mass is 31.0. The van der Waals surface area contributed by atoms with Gasteiger partial charge in [0.15, 0.2) is 0 Å². The van der Waals surface area contributed by atoms with Gasteiger partial charge in [0, 0.05) is 0 Å². The van der Waals surface area contributed by atoms with Gasteiger partial charge in [-0.1, -0.05) is 26.4 Å². The Morgan fingerprint density at radius 1 is 1.43 bits per heavy atom. The van der Waals surface area contributed by atoms with Gasteiger partial charge in [-0.05, 0) is 18.0 Å². The molecule has 0 amide bonds. The molecule has 0 N–H and O–H groups in total. The van der Waals surface area contributed by atoms with Gasteiger partial charge in [-0.2, -0.15) is 0 Å². The quantitative estimate of drug-likeness (QED) is 0.481. The van der Waals surface area contributed by atoms with Gasteiger partial charge in [0.25, 0.3) is 0 Å². The van der Waals surface area contributed by atoms with E-state index in [-0.39, 0.29) is 0 Å². The zero-order valence-electron chi connectivity index (χ0n) is 4.26. The van der Waals surface area contributed by atoms with Crippen LogP contribution < -0.4 is 0 Å². The van der Waals surface area contributed by atoms with Crippen molar-refractivity contribution in [2.45, 2.75) is 6.92 Å². The summed E-state index contributed by atoms with van der Waals surface area (Å²) in [6.07, 6.45) is 0. The Labute approximate surface area is 45.3 Å². The van der Waals surface area contributed by atoms with Gasteiger partial charge in [0.2, 0.25) is 0 Å². The maximum atomic E-state index is 2.13. The molecule has 0 saturated heterocycles. The summed E-state index contributed by atoms with van der Waals surface area (Å²) in [5, 5.41) is 1.42. The molecular formula is C6H7P. The Morgan fingerprint density at radius 3 is 2.57 bits per heavy atom. The molecule has 1 aromatic heterocycles. The summed E-state index contributed by atoms with van der Waals surface area (Å²) >= 11 is 0. The highest BCUT2D eigenvalue weighted by Gasteiger charge is 1.73. The third-order valence-corrected chi connectivity index (χ3v) is 1.69. The molecule has 0 atom stereocenters. The molecule has 36 valence electrons. The van der Waals surface area contributed by atoms with Crippen molar-refractivity contribution in [3.8, 4) is 0 Å². The Morgan fingerprint density at radius 2 is 2.29 bits per heavy atom. The van der Waals surface area contributed by atoms with Crippen LogP contribution in [0.3, 0.4) is 0 Å². The van der Waals surface area contributed by atoms with Crippen LogP contribution in [-0.4, -0.2) is 0 Å². The minimum atomic E-state index is 1.35. The van der Waals surface area contributed by atoms with Gasteiger partial charge >= 0.3 is 0 Å². The molecule has 1 heteroatoms. The first-order valence-electron chi connectivity index (χ1n) is 2.27. The van der Waals surface area contributed by atoms with Crippen LogP contribution in [0, 0.1) is 6.92 Å². The van der Waals surface area contributed by atoms with Crippen LogP contribution in [0.15, 0.2) is 24.0 Å². The van der Waals surface area contributed by atoms with Crippen molar-refractivity contribution in [1.29, 1.82) is 0 Å². The molecule has 1 heterocycles. The Balaban J connectivity index is 3.02. The van der Waals surface area contributed by atoms with Crippen molar-refractivity contribution >= 4 is 8.19 Å². The molecule has 0 aliphatic heterocycles. The minimum absolute atomic E-state index is 1.35. The molecule has 1 rings (SSSR count). The summed E-state index contributed by atoms with van der Waals surface area (Å²) in [7, 11) is 1.35. The molecule has 1 aromatic rings. The lowest BCUT2D eigenvalue weighted by Gasteiger charge is -1.81. The summed E-state index contributed by atoms with van der Waals surface area (Å²) < 4.78 is 0. The number of hydrogen-bond acceptors (Lipinski definition) is 0. The smallest absolute Gasteiger partial charge is 0.0237 e. The summed E-state index contributed by atoms with van der Waals surface area (Å²) in [5.41, 5.74) is 0. The summed E-state index contributed by atoms with van der Waals surface area (Å²) in [5.74, 6) is 2.13. The van der Waals surface area contributed by atoms with Gasteiger partial charge in [-0.15, -0.1) is 0 Å². The van der Waals surface area contributed by atoms with Crippen LogP contribution in [0.1, 0.15) is 5.30 Å². The Hall–Kier alpha value is -0.350. The van der Waals surface area contributed by atoms with Crippen molar-refractivity contribution in [2.75, 3.05) is 0 Å². The average molecular weight is 110 g/mol. The number of rotatable bonds is 0. The van der Waals surface area contributed by atoms with Crippen molar-refractivity contribution in [3.63, 3.8) is 0 Å². The second-order valence-corrected chi connectivity index (χ2v) is 2.73. The topological polar surface area (TPSA) is 0 Å². The normalized spacial score (nSPS) is 9.86. The maximum absolute atomic E-state index is 2.13. The maximum Gasteiger partial charge on any atom is -0.0237 e. The summed E-state index contributed by atoms with van der Waals surface area (Å²) in [6.45, 7) is 2.13. The number of aryl methyl sites for hydroxylation is 1. The van der Waals surface area contributed by atoms with Gasteiger partial charge in [0.1, 0.15) is 0 Å². The SMILES string of the molecule is Cc1ccccp1. The predicted octanol–water partition coefficient (Wildman–Crippen LogP) is 2.58. The molecule has 0 radical (unpaired) electrons. The zero-order chi connectivity index (χ0) is 5.11. The summed E-state index contributed by atoms with van der Waals surface area (Å²) in [4.78, 5) is 0. The van der Waals surface area contributed by atoms with E-state index in [0.717, 1.165) is 0 Å². The van der Waals surface area contributed by atoms with Gasteiger partial charge in [-0.25, -0.2) is 0 Å². The first-order chi connectivity index (χ1) is 3.39. The fourth-order valence-corrected chi connectivity index (χ4v) is 1.04. The van der Waals surface area contributed by atoms with Gasteiger partial charge < -0.3 is 0 Å². The second-order valence-electron chi connectivity index (χ2n) is 1.47. The molecule has 0 spiro atoms. The van der Waals surface area contributed by atoms with Crippen molar-refractivity contribution < 1.29 is 0 Å². The fourth-order valence-electron chi connectivity index (χ4n) is 0.448. The highest BCUT2D eigenvalue weighted by molar-refractivity contribution is 7.29. The van der Waals surface area contributed by atoms with Crippen LogP contribution in [0.4, 0.5) is 0 Å². The van der Waals surface area contributed by atoms with E-state index in [1.807, 2.05) is 0 Å². The molecule has 0 bridgehead atoms. The lowest BCUT2D eigenvalue weighted by Crippen LogP contribution is -1.54. The van der Waals surface area contributed by atoms with Crippen molar-refractivity contribution in [3.05, 3.63) is 29.3 Å². The zero-order valence-corrected chi connectivity index (χ0v) is 5.15. The van der Waals surface area contributed by atoms with E-state index >= 15 is 0 Å². The molecule has 0 nitrogen and oxygen atoms in total. The van der Waals surface area contributed by atoms with Crippen LogP contribution in [0.5, 0.6) is 0 Å². The second kappa shape index (κ2) is 2.09. The molecule has 0 unspecified atom stereocenters. The third-order valence-electron chi connectivity index (χ3n) is 0.813. The predicted molar refractivity (Wildman–Crippen MR) is 33.7 cm³/mol. The Kier molecular flexibility index (Phi) is 1.43. The molecule has 0 aliphatic carbocycles. The van der Waals surface area contributed by atoms with E-state index in [0.29, 0.717) is 0 Å². The average Bonchev–Trinajstić information content (AvgIpc) is 1.69. The molecule has 0 aromatic carbocycles. The highest BCUT2D eigenvalue weighted by Crippen LogP contribution is 2.08. The lowest BCUT2D eigenvalue weighted by atomic mass is 10.5. The standard InChI is InChI=1S/C6H7P/c1-6-4-2-3-5-7-6/h2-5H,1H3. The summed E-state index contributed by atoms with van der Waals surface area (Å²) in [6, 6.07) is 6.25. The third kappa shape index (κ3) is 1.29. The van der Waals surface area contributed by atoms with Crippen molar-refractivity contribution in [1.82, 2.24) is 0 Å². The van der Waals surface area contributed by atoms with Crippen LogP contribution >= 0.6 is 8.19 Å². The Bertz CT molecular complexity index is 134. The lowest BCUT2D eigenvalue weighted by molar-refractivity contribution is 1.61. The number of hydrogen-bond donors (Lipinski definition) is 0. The van der Waals surface area contributed by atoms with Crippen LogP contribution in [-0.2, 0) is 0 Å². The first-order valence-corrected chi connectivity index (χ1v) is 3.23. The minimum Gasteiger partial charge on any atom is -0.0732 e. The van der Waals surface area contributed by atoms with E-state index in [2.05, 4.69) is 30.9 Å². The fraction of sp³-hybridized carbons (Fsp3) is 0.167. The van der Waals surface area contributed by atoms with Gasteiger partial charge in [0.05, 0.1) is 0 Å². The largest absolute Gasteiger partial charge is 0.0732 e. The molecular weight excluding hydrogens is 103 g/mol. The van der Waals surface area contributed by atoms with Gasteiger partial charge in [-0.3, -0.25) is 0 Å². The molecule has 0 saturated carbocycles. The van der Waals surface area contributed by atoms with E-state index in [4.69, 9.17) is 0 Å². The van der Waals surface area contributed by atoms with Crippen molar-refractivity contribution in [2.24, 2.45) is 0 Å². The van der Waals surface area contributed by atoms with E-state index in [1.54, 1.807) is 0 Å². The molecule has 0 aliphatic rings. The monoisotopic (exact) mass is 110 g/mol. The first kappa shape index (κ1) is 4.80. The molecule has 0 fully saturated rings. The van der Waals surface area contributed by atoms with Crippen LogP contribution in [0.2, 0.25) is 0 Å². The van der Waals surface area contributed by atoms with E-state index in [1.165, 1.54) is 13.5 Å². The van der Waals surface area contributed by atoms with Crippen LogP contribution in [0.25, 0.3) is 0 Å². The van der Waals surface area contributed by atoms with E-state index in [9.17, 15) is 0 Å². The van der Waals surface area contributed by atoms with E-state index < -0.39 is 0 Å².